The van der Waals surface area contributed by atoms with E-state index in [0.717, 1.165) is 57.7 Å². The standard InChI is InChI=1S/C17H22N2O3/c20-16(13-1-2-13)18-14-3-5-15(6-4-14)19-9-7-17(8-10-19)21-11-12-22-17/h3-6,13H,1-2,7-12H2,(H,18,20). The highest BCUT2D eigenvalue weighted by Crippen LogP contribution is 2.34. The second kappa shape index (κ2) is 5.56. The number of rotatable bonds is 3. The van der Waals surface area contributed by atoms with E-state index in [1.54, 1.807) is 0 Å². The second-order valence-electron chi connectivity index (χ2n) is 6.41. The van der Waals surface area contributed by atoms with E-state index in [1.807, 2.05) is 12.1 Å². The van der Waals surface area contributed by atoms with Crippen LogP contribution < -0.4 is 10.2 Å². The molecule has 4 rings (SSSR count). The molecule has 5 heteroatoms. The minimum atomic E-state index is -0.325. The number of nitrogens with zero attached hydrogens (tertiary/aromatic N) is 1. The summed E-state index contributed by atoms with van der Waals surface area (Å²) in [5, 5.41) is 2.98. The third-order valence-electron chi connectivity index (χ3n) is 4.79. The van der Waals surface area contributed by atoms with Gasteiger partial charge in [0.25, 0.3) is 0 Å². The highest BCUT2D eigenvalue weighted by atomic mass is 16.7. The van der Waals surface area contributed by atoms with Crippen LogP contribution in [0.2, 0.25) is 0 Å². The van der Waals surface area contributed by atoms with Crippen molar-refractivity contribution in [1.29, 1.82) is 0 Å². The van der Waals surface area contributed by atoms with Crippen molar-refractivity contribution in [3.63, 3.8) is 0 Å². The van der Waals surface area contributed by atoms with Crippen molar-refractivity contribution in [1.82, 2.24) is 0 Å². The zero-order valence-corrected chi connectivity index (χ0v) is 12.7. The van der Waals surface area contributed by atoms with Gasteiger partial charge in [-0.1, -0.05) is 0 Å². The molecule has 0 unspecified atom stereocenters. The summed E-state index contributed by atoms with van der Waals surface area (Å²) < 4.78 is 11.5. The van der Waals surface area contributed by atoms with E-state index in [9.17, 15) is 4.79 Å². The highest BCUT2D eigenvalue weighted by Gasteiger charge is 2.39. The summed E-state index contributed by atoms with van der Waals surface area (Å²) in [6.07, 6.45) is 3.88. The molecule has 0 radical (unpaired) electrons. The van der Waals surface area contributed by atoms with E-state index >= 15 is 0 Å². The summed E-state index contributed by atoms with van der Waals surface area (Å²) in [4.78, 5) is 14.1. The van der Waals surface area contributed by atoms with Crippen molar-refractivity contribution in [2.75, 3.05) is 36.5 Å². The number of amides is 1. The molecule has 118 valence electrons. The largest absolute Gasteiger partial charge is 0.371 e. The van der Waals surface area contributed by atoms with Crippen molar-refractivity contribution in [2.24, 2.45) is 5.92 Å². The molecule has 1 aliphatic carbocycles. The van der Waals surface area contributed by atoms with Gasteiger partial charge in [-0.2, -0.15) is 0 Å². The van der Waals surface area contributed by atoms with Crippen LogP contribution in [0.5, 0.6) is 0 Å². The van der Waals surface area contributed by atoms with Crippen molar-refractivity contribution in [3.05, 3.63) is 24.3 Å². The monoisotopic (exact) mass is 302 g/mol. The van der Waals surface area contributed by atoms with Crippen LogP contribution in [-0.4, -0.2) is 38.0 Å². The van der Waals surface area contributed by atoms with Gasteiger partial charge in [0.05, 0.1) is 13.2 Å². The first kappa shape index (κ1) is 14.0. The normalized spacial score (nSPS) is 23.7. The molecule has 2 heterocycles. The molecule has 0 bridgehead atoms. The summed E-state index contributed by atoms with van der Waals surface area (Å²) in [5.74, 6) is 0.0712. The number of nitrogens with one attached hydrogen (secondary N) is 1. The van der Waals surface area contributed by atoms with Gasteiger partial charge in [0.15, 0.2) is 5.79 Å². The Bertz CT molecular complexity index is 538. The lowest BCUT2D eigenvalue weighted by Crippen LogP contribution is -2.45. The number of anilines is 2. The van der Waals surface area contributed by atoms with Gasteiger partial charge in [-0.25, -0.2) is 0 Å². The molecule has 22 heavy (non-hydrogen) atoms. The Balaban J connectivity index is 1.35. The maximum Gasteiger partial charge on any atom is 0.227 e. The Morgan fingerprint density at radius 1 is 1.09 bits per heavy atom. The van der Waals surface area contributed by atoms with Crippen LogP contribution in [0.25, 0.3) is 0 Å². The maximum atomic E-state index is 11.8. The van der Waals surface area contributed by atoms with Crippen LogP contribution in [0.15, 0.2) is 24.3 Å². The lowest BCUT2D eigenvalue weighted by Gasteiger charge is -2.38. The van der Waals surface area contributed by atoms with E-state index in [-0.39, 0.29) is 17.6 Å². The number of hydrogen-bond acceptors (Lipinski definition) is 4. The molecule has 1 aromatic rings. The molecule has 0 aromatic heterocycles. The molecular weight excluding hydrogens is 280 g/mol. The fourth-order valence-corrected chi connectivity index (χ4v) is 3.24. The van der Waals surface area contributed by atoms with Gasteiger partial charge in [0, 0.05) is 43.2 Å². The molecule has 1 amide bonds. The zero-order valence-electron chi connectivity index (χ0n) is 12.7. The Kier molecular flexibility index (Phi) is 3.54. The van der Waals surface area contributed by atoms with Gasteiger partial charge in [-0.05, 0) is 37.1 Å². The van der Waals surface area contributed by atoms with Crippen molar-refractivity contribution < 1.29 is 14.3 Å². The molecule has 1 saturated carbocycles. The summed E-state index contributed by atoms with van der Waals surface area (Å²) in [5.41, 5.74) is 2.08. The molecule has 5 nitrogen and oxygen atoms in total. The lowest BCUT2D eigenvalue weighted by atomic mass is 10.0. The number of hydrogen-bond donors (Lipinski definition) is 1. The summed E-state index contributed by atoms with van der Waals surface area (Å²) in [7, 11) is 0. The zero-order chi connectivity index (χ0) is 15.0. The van der Waals surface area contributed by atoms with Gasteiger partial charge >= 0.3 is 0 Å². The topological polar surface area (TPSA) is 50.8 Å². The van der Waals surface area contributed by atoms with Crippen LogP contribution >= 0.6 is 0 Å². The van der Waals surface area contributed by atoms with Crippen LogP contribution in [0.3, 0.4) is 0 Å². The van der Waals surface area contributed by atoms with Gasteiger partial charge in [-0.15, -0.1) is 0 Å². The van der Waals surface area contributed by atoms with Crippen LogP contribution in [0.4, 0.5) is 11.4 Å². The number of carbonyl (C=O) groups excluding carboxylic acids is 1. The molecule has 3 fully saturated rings. The first-order chi connectivity index (χ1) is 10.7. The maximum absolute atomic E-state index is 11.8. The molecule has 2 aliphatic heterocycles. The van der Waals surface area contributed by atoms with Gasteiger partial charge in [-0.3, -0.25) is 4.79 Å². The fraction of sp³-hybridized carbons (Fsp3) is 0.588. The highest BCUT2D eigenvalue weighted by molar-refractivity contribution is 5.94. The summed E-state index contributed by atoms with van der Waals surface area (Å²) >= 11 is 0. The molecule has 0 atom stereocenters. The van der Waals surface area contributed by atoms with E-state index in [0.29, 0.717) is 0 Å². The Hall–Kier alpha value is -1.59. The third kappa shape index (κ3) is 2.83. The summed E-state index contributed by atoms with van der Waals surface area (Å²) in [6, 6.07) is 8.14. The Labute approximate surface area is 130 Å². The summed E-state index contributed by atoms with van der Waals surface area (Å²) in [6.45, 7) is 3.31. The first-order valence-electron chi connectivity index (χ1n) is 8.18. The minimum Gasteiger partial charge on any atom is -0.371 e. The van der Waals surface area contributed by atoms with E-state index in [2.05, 4.69) is 22.3 Å². The average molecular weight is 302 g/mol. The van der Waals surface area contributed by atoms with Crippen LogP contribution in [0, 0.1) is 5.92 Å². The fourth-order valence-electron chi connectivity index (χ4n) is 3.24. The molecule has 1 aromatic carbocycles. The quantitative estimate of drug-likeness (QED) is 0.931. The average Bonchev–Trinajstić information content (AvgIpc) is 3.31. The van der Waals surface area contributed by atoms with E-state index in [1.165, 1.54) is 5.69 Å². The molecule has 3 aliphatic rings. The van der Waals surface area contributed by atoms with Crippen LogP contribution in [0.1, 0.15) is 25.7 Å². The number of ether oxygens (including phenoxy) is 2. The molecule has 2 saturated heterocycles. The van der Waals surface area contributed by atoms with Gasteiger partial charge in [0.1, 0.15) is 0 Å². The lowest BCUT2D eigenvalue weighted by molar-refractivity contribution is -0.169. The molecule has 1 N–H and O–H groups in total. The number of benzene rings is 1. The molecule has 1 spiro atoms. The third-order valence-corrected chi connectivity index (χ3v) is 4.79. The second-order valence-corrected chi connectivity index (χ2v) is 6.41. The van der Waals surface area contributed by atoms with Crippen molar-refractivity contribution in [2.45, 2.75) is 31.5 Å². The minimum absolute atomic E-state index is 0.156. The van der Waals surface area contributed by atoms with Crippen molar-refractivity contribution >= 4 is 17.3 Å². The SMILES string of the molecule is O=C(Nc1ccc(N2CCC3(CC2)OCCO3)cc1)C1CC1. The van der Waals surface area contributed by atoms with E-state index < -0.39 is 0 Å². The van der Waals surface area contributed by atoms with Crippen molar-refractivity contribution in [3.8, 4) is 0 Å². The molecular formula is C17H22N2O3. The van der Waals surface area contributed by atoms with Gasteiger partial charge in [0.2, 0.25) is 5.91 Å². The first-order valence-corrected chi connectivity index (χ1v) is 8.18. The Morgan fingerprint density at radius 2 is 1.73 bits per heavy atom. The van der Waals surface area contributed by atoms with Crippen LogP contribution in [-0.2, 0) is 14.3 Å². The van der Waals surface area contributed by atoms with E-state index in [4.69, 9.17) is 9.47 Å². The number of piperidine rings is 1. The smallest absolute Gasteiger partial charge is 0.227 e. The Morgan fingerprint density at radius 3 is 2.32 bits per heavy atom. The number of carbonyl (C=O) groups is 1. The predicted octanol–water partition coefficient (Wildman–Crippen LogP) is 2.38. The van der Waals surface area contributed by atoms with Gasteiger partial charge < -0.3 is 19.7 Å². The predicted molar refractivity (Wildman–Crippen MR) is 83.9 cm³/mol.